The lowest BCUT2D eigenvalue weighted by molar-refractivity contribution is -0.114. The summed E-state index contributed by atoms with van der Waals surface area (Å²) in [5.74, 6) is 1.41. The van der Waals surface area contributed by atoms with Crippen molar-refractivity contribution in [3.05, 3.63) is 70.8 Å². The number of amides is 1. The summed E-state index contributed by atoms with van der Waals surface area (Å²) < 4.78 is 6.35. The Bertz CT molecular complexity index is 1050. The molecule has 0 aromatic heterocycles. The molecule has 4 heteroatoms. The molecule has 0 atom stereocenters. The van der Waals surface area contributed by atoms with Crippen molar-refractivity contribution >= 4 is 17.3 Å². The van der Waals surface area contributed by atoms with Gasteiger partial charge in [0.15, 0.2) is 0 Å². The van der Waals surface area contributed by atoms with Crippen LogP contribution in [0.15, 0.2) is 48.5 Å². The Morgan fingerprint density at radius 1 is 0.893 bits per heavy atom. The molecule has 0 heterocycles. The Labute approximate surface area is 166 Å². The Balaban J connectivity index is 2.24. The summed E-state index contributed by atoms with van der Waals surface area (Å²) in [5, 5.41) is 2.87. The van der Waals surface area contributed by atoms with E-state index in [4.69, 9.17) is 10.5 Å². The van der Waals surface area contributed by atoms with Crippen LogP contribution in [0.25, 0.3) is 11.1 Å². The molecule has 28 heavy (non-hydrogen) atoms. The zero-order chi connectivity index (χ0) is 20.4. The Morgan fingerprint density at radius 3 is 2.29 bits per heavy atom. The van der Waals surface area contributed by atoms with Crippen LogP contribution in [-0.2, 0) is 4.79 Å². The average molecular weight is 374 g/mol. The molecule has 0 unspecified atom stereocenters. The lowest BCUT2D eigenvalue weighted by Gasteiger charge is -2.19. The van der Waals surface area contributed by atoms with Gasteiger partial charge >= 0.3 is 0 Å². The first-order valence-corrected chi connectivity index (χ1v) is 9.29. The first-order valence-electron chi connectivity index (χ1n) is 9.29. The molecule has 1 amide bonds. The molecule has 0 saturated heterocycles. The predicted octanol–water partition coefficient (Wildman–Crippen LogP) is 5.92. The summed E-state index contributed by atoms with van der Waals surface area (Å²) in [6, 6.07) is 15.9. The van der Waals surface area contributed by atoms with Crippen LogP contribution in [0.3, 0.4) is 0 Å². The van der Waals surface area contributed by atoms with Crippen molar-refractivity contribution in [2.45, 2.75) is 34.6 Å². The van der Waals surface area contributed by atoms with Crippen molar-refractivity contribution < 1.29 is 9.53 Å². The maximum absolute atomic E-state index is 11.6. The van der Waals surface area contributed by atoms with Crippen LogP contribution in [0, 0.1) is 27.7 Å². The average Bonchev–Trinajstić information content (AvgIpc) is 2.61. The number of para-hydroxylation sites is 1. The molecule has 3 N–H and O–H groups in total. The number of hydrogen-bond acceptors (Lipinski definition) is 3. The van der Waals surface area contributed by atoms with Gasteiger partial charge < -0.3 is 15.8 Å². The first kappa shape index (κ1) is 19.5. The number of aryl methyl sites for hydroxylation is 4. The van der Waals surface area contributed by atoms with E-state index in [1.807, 2.05) is 64.1 Å². The van der Waals surface area contributed by atoms with Gasteiger partial charge in [0.05, 0.1) is 0 Å². The first-order chi connectivity index (χ1) is 13.3. The number of rotatable bonds is 4. The molecule has 144 valence electrons. The van der Waals surface area contributed by atoms with Gasteiger partial charge in [-0.2, -0.15) is 0 Å². The van der Waals surface area contributed by atoms with E-state index < -0.39 is 0 Å². The maximum atomic E-state index is 11.6. The van der Waals surface area contributed by atoms with Crippen molar-refractivity contribution in [1.29, 1.82) is 0 Å². The summed E-state index contributed by atoms with van der Waals surface area (Å²) in [4.78, 5) is 11.6. The number of hydrogen-bond donors (Lipinski definition) is 2. The van der Waals surface area contributed by atoms with Crippen LogP contribution in [0.2, 0.25) is 0 Å². The molecular formula is C24H26N2O2. The topological polar surface area (TPSA) is 64.3 Å². The van der Waals surface area contributed by atoms with Crippen LogP contribution in [0.4, 0.5) is 11.4 Å². The highest BCUT2D eigenvalue weighted by atomic mass is 16.5. The van der Waals surface area contributed by atoms with Crippen LogP contribution < -0.4 is 15.8 Å². The Hall–Kier alpha value is -3.27. The van der Waals surface area contributed by atoms with Crippen molar-refractivity contribution in [3.63, 3.8) is 0 Å². The molecule has 3 rings (SSSR count). The third-order valence-electron chi connectivity index (χ3n) is 4.72. The van der Waals surface area contributed by atoms with Gasteiger partial charge in [-0.25, -0.2) is 0 Å². The largest absolute Gasteiger partial charge is 0.456 e. The number of anilines is 2. The zero-order valence-corrected chi connectivity index (χ0v) is 17.0. The van der Waals surface area contributed by atoms with Crippen molar-refractivity contribution in [3.8, 4) is 22.6 Å². The van der Waals surface area contributed by atoms with E-state index in [0.29, 0.717) is 5.69 Å². The standard InChI is InChI=1S/C24H26N2O2/c1-14-10-16(3)23(25)20(11-14)21-13-19(26-18(5)27)12-17(4)24(21)28-22-9-7-6-8-15(22)2/h6-13H,25H2,1-5H3,(H,26,27). The molecule has 0 aliphatic rings. The molecule has 0 fully saturated rings. The number of nitrogens with one attached hydrogen (secondary N) is 1. The van der Waals surface area contributed by atoms with Gasteiger partial charge in [-0.15, -0.1) is 0 Å². The van der Waals surface area contributed by atoms with Crippen LogP contribution in [0.5, 0.6) is 11.5 Å². The summed E-state index contributed by atoms with van der Waals surface area (Å²) in [6.07, 6.45) is 0. The van der Waals surface area contributed by atoms with Crippen LogP contribution in [-0.4, -0.2) is 5.91 Å². The number of nitrogen functional groups attached to an aromatic ring is 1. The molecule has 0 spiro atoms. The van der Waals surface area contributed by atoms with Gasteiger partial charge in [-0.05, 0) is 68.7 Å². The quantitative estimate of drug-likeness (QED) is 0.557. The fourth-order valence-corrected chi connectivity index (χ4v) is 3.37. The minimum atomic E-state index is -0.119. The third kappa shape index (κ3) is 4.01. The second kappa shape index (κ2) is 7.77. The van der Waals surface area contributed by atoms with Gasteiger partial charge in [0.1, 0.15) is 11.5 Å². The lowest BCUT2D eigenvalue weighted by Crippen LogP contribution is -2.07. The highest BCUT2D eigenvalue weighted by molar-refractivity contribution is 5.92. The minimum absolute atomic E-state index is 0.119. The molecule has 3 aromatic carbocycles. The lowest BCUT2D eigenvalue weighted by atomic mass is 9.95. The summed E-state index contributed by atoms with van der Waals surface area (Å²) in [5.41, 5.74) is 13.7. The van der Waals surface area contributed by atoms with E-state index in [0.717, 1.165) is 50.6 Å². The van der Waals surface area contributed by atoms with Crippen molar-refractivity contribution in [2.75, 3.05) is 11.1 Å². The van der Waals surface area contributed by atoms with Gasteiger partial charge in [0.25, 0.3) is 0 Å². The fourth-order valence-electron chi connectivity index (χ4n) is 3.37. The van der Waals surface area contributed by atoms with Gasteiger partial charge in [0.2, 0.25) is 5.91 Å². The second-order valence-electron chi connectivity index (χ2n) is 7.26. The monoisotopic (exact) mass is 374 g/mol. The highest BCUT2D eigenvalue weighted by Crippen LogP contribution is 2.42. The van der Waals surface area contributed by atoms with E-state index in [-0.39, 0.29) is 5.91 Å². The SMILES string of the molecule is CC(=O)Nc1cc(C)c(Oc2ccccc2C)c(-c2cc(C)cc(C)c2N)c1. The minimum Gasteiger partial charge on any atom is -0.456 e. The van der Waals surface area contributed by atoms with Crippen molar-refractivity contribution in [2.24, 2.45) is 0 Å². The van der Waals surface area contributed by atoms with Gasteiger partial charge in [-0.3, -0.25) is 4.79 Å². The maximum Gasteiger partial charge on any atom is 0.221 e. The normalized spacial score (nSPS) is 10.6. The van der Waals surface area contributed by atoms with Gasteiger partial charge in [-0.1, -0.05) is 29.8 Å². The third-order valence-corrected chi connectivity index (χ3v) is 4.72. The molecule has 0 bridgehead atoms. The summed E-state index contributed by atoms with van der Waals surface area (Å²) >= 11 is 0. The Kier molecular flexibility index (Phi) is 5.41. The molecule has 4 nitrogen and oxygen atoms in total. The smallest absolute Gasteiger partial charge is 0.221 e. The van der Waals surface area contributed by atoms with E-state index in [1.54, 1.807) is 0 Å². The second-order valence-corrected chi connectivity index (χ2v) is 7.26. The molecule has 0 aliphatic heterocycles. The van der Waals surface area contributed by atoms with E-state index in [9.17, 15) is 4.79 Å². The number of nitrogens with two attached hydrogens (primary N) is 1. The fraction of sp³-hybridized carbons (Fsp3) is 0.208. The van der Waals surface area contributed by atoms with Gasteiger partial charge in [0, 0.05) is 29.4 Å². The molecule has 0 radical (unpaired) electrons. The van der Waals surface area contributed by atoms with E-state index >= 15 is 0 Å². The van der Waals surface area contributed by atoms with Crippen LogP contribution in [0.1, 0.15) is 29.2 Å². The molecular weight excluding hydrogens is 348 g/mol. The molecule has 0 aliphatic carbocycles. The number of benzene rings is 3. The predicted molar refractivity (Wildman–Crippen MR) is 116 cm³/mol. The van der Waals surface area contributed by atoms with E-state index in [1.165, 1.54) is 6.92 Å². The van der Waals surface area contributed by atoms with Crippen LogP contribution >= 0.6 is 0 Å². The number of carbonyl (C=O) groups excluding carboxylic acids is 1. The highest BCUT2D eigenvalue weighted by Gasteiger charge is 2.17. The number of carbonyl (C=O) groups is 1. The number of ether oxygens (including phenoxy) is 1. The molecule has 0 saturated carbocycles. The summed E-state index contributed by atoms with van der Waals surface area (Å²) in [7, 11) is 0. The Morgan fingerprint density at radius 2 is 1.61 bits per heavy atom. The zero-order valence-electron chi connectivity index (χ0n) is 17.0. The van der Waals surface area contributed by atoms with E-state index in [2.05, 4.69) is 17.4 Å². The van der Waals surface area contributed by atoms with Crippen molar-refractivity contribution in [1.82, 2.24) is 0 Å². The summed E-state index contributed by atoms with van der Waals surface area (Å²) in [6.45, 7) is 9.53. The molecule has 3 aromatic rings.